The highest BCUT2D eigenvalue weighted by molar-refractivity contribution is 7.89. The van der Waals surface area contributed by atoms with Crippen molar-refractivity contribution in [2.45, 2.75) is 44.0 Å². The average molecular weight is 529 g/mol. The van der Waals surface area contributed by atoms with E-state index in [1.165, 1.54) is 24.7 Å². The van der Waals surface area contributed by atoms with E-state index in [2.05, 4.69) is 40.3 Å². The molecule has 1 saturated heterocycles. The van der Waals surface area contributed by atoms with E-state index < -0.39 is 10.0 Å². The molecule has 11 heteroatoms. The maximum absolute atomic E-state index is 13.2. The van der Waals surface area contributed by atoms with Gasteiger partial charge in [0.05, 0.1) is 29.5 Å². The minimum atomic E-state index is -3.80. The fourth-order valence-corrected chi connectivity index (χ4v) is 6.22. The fraction of sp³-hybridized carbons (Fsp3) is 0.500. The van der Waals surface area contributed by atoms with E-state index in [1.807, 2.05) is 0 Å². The van der Waals surface area contributed by atoms with Gasteiger partial charge in [-0.15, -0.1) is 0 Å². The number of nitriles is 1. The SMILES string of the molecule is COc1cc(C)c(S(=O)(=O)N(C)CCC(=O)Nc2cnc(N3CCC(N(C)C)CC3)c(C#N)c2)c(C)c1. The predicted molar refractivity (Wildman–Crippen MR) is 143 cm³/mol. The van der Waals surface area contributed by atoms with Crippen molar-refractivity contribution in [3.63, 3.8) is 0 Å². The first kappa shape index (κ1) is 28.4. The van der Waals surface area contributed by atoms with Crippen molar-refractivity contribution >= 4 is 27.4 Å². The number of nitrogens with zero attached hydrogens (tertiary/aromatic N) is 5. The molecule has 1 N–H and O–H groups in total. The normalized spacial score (nSPS) is 14.6. The minimum absolute atomic E-state index is 0.00346. The van der Waals surface area contributed by atoms with Gasteiger partial charge in [-0.1, -0.05) is 0 Å². The molecule has 1 aliphatic rings. The summed E-state index contributed by atoms with van der Waals surface area (Å²) in [7, 11) is 3.34. The third-order valence-electron chi connectivity index (χ3n) is 6.76. The Hall–Kier alpha value is -3.20. The van der Waals surface area contributed by atoms with Crippen LogP contribution in [0.5, 0.6) is 5.75 Å². The predicted octanol–water partition coefficient (Wildman–Crippen LogP) is 2.76. The number of ether oxygens (including phenoxy) is 1. The molecule has 0 spiro atoms. The Labute approximate surface area is 219 Å². The summed E-state index contributed by atoms with van der Waals surface area (Å²) < 4.78 is 32.7. The van der Waals surface area contributed by atoms with Gasteiger partial charge in [0.15, 0.2) is 0 Å². The van der Waals surface area contributed by atoms with Crippen LogP contribution >= 0.6 is 0 Å². The Morgan fingerprint density at radius 1 is 1.19 bits per heavy atom. The first-order chi connectivity index (χ1) is 17.5. The van der Waals surface area contributed by atoms with E-state index in [0.717, 1.165) is 25.9 Å². The summed E-state index contributed by atoms with van der Waals surface area (Å²) in [5, 5.41) is 12.4. The highest BCUT2D eigenvalue weighted by Crippen LogP contribution is 2.28. The van der Waals surface area contributed by atoms with Crippen LogP contribution in [0.1, 0.15) is 36.0 Å². The zero-order valence-corrected chi connectivity index (χ0v) is 23.2. The molecule has 200 valence electrons. The monoisotopic (exact) mass is 528 g/mol. The van der Waals surface area contributed by atoms with Gasteiger partial charge in [-0.3, -0.25) is 4.79 Å². The second-order valence-electron chi connectivity index (χ2n) is 9.60. The molecule has 0 saturated carbocycles. The number of aromatic nitrogens is 1. The molecule has 1 aromatic carbocycles. The smallest absolute Gasteiger partial charge is 0.243 e. The second kappa shape index (κ2) is 11.9. The second-order valence-corrected chi connectivity index (χ2v) is 11.6. The number of nitrogens with one attached hydrogen (secondary N) is 1. The molecule has 2 heterocycles. The van der Waals surface area contributed by atoms with Crippen LogP contribution in [0.3, 0.4) is 0 Å². The lowest BCUT2D eigenvalue weighted by molar-refractivity contribution is -0.116. The first-order valence-electron chi connectivity index (χ1n) is 12.2. The Morgan fingerprint density at radius 3 is 2.35 bits per heavy atom. The zero-order chi connectivity index (χ0) is 27.3. The Balaban J connectivity index is 1.63. The van der Waals surface area contributed by atoms with Crippen molar-refractivity contribution in [3.8, 4) is 11.8 Å². The van der Waals surface area contributed by atoms with Crippen molar-refractivity contribution < 1.29 is 17.9 Å². The van der Waals surface area contributed by atoms with Gasteiger partial charge in [-0.05, 0) is 70.1 Å². The lowest BCUT2D eigenvalue weighted by Crippen LogP contribution is -2.42. The molecule has 1 aliphatic heterocycles. The number of methoxy groups -OCH3 is 1. The molecular formula is C26H36N6O4S. The van der Waals surface area contributed by atoms with Crippen LogP contribution in [0.25, 0.3) is 0 Å². The summed E-state index contributed by atoms with van der Waals surface area (Å²) in [5.74, 6) is 0.842. The number of benzene rings is 1. The zero-order valence-electron chi connectivity index (χ0n) is 22.4. The van der Waals surface area contributed by atoms with Crippen LogP contribution in [0.2, 0.25) is 0 Å². The molecule has 37 heavy (non-hydrogen) atoms. The van der Waals surface area contributed by atoms with Crippen LogP contribution < -0.4 is 15.0 Å². The number of anilines is 2. The van der Waals surface area contributed by atoms with Gasteiger partial charge in [-0.2, -0.15) is 5.26 Å². The van der Waals surface area contributed by atoms with E-state index >= 15 is 0 Å². The van der Waals surface area contributed by atoms with Gasteiger partial charge < -0.3 is 19.9 Å². The van der Waals surface area contributed by atoms with Crippen LogP contribution in [0.15, 0.2) is 29.3 Å². The number of aryl methyl sites for hydroxylation is 2. The van der Waals surface area contributed by atoms with Gasteiger partial charge in [0.2, 0.25) is 15.9 Å². The van der Waals surface area contributed by atoms with Gasteiger partial charge >= 0.3 is 0 Å². The van der Waals surface area contributed by atoms with Crippen molar-refractivity contribution in [1.82, 2.24) is 14.2 Å². The molecule has 1 aromatic heterocycles. The summed E-state index contributed by atoms with van der Waals surface area (Å²) in [4.78, 5) is 21.6. The van der Waals surface area contributed by atoms with E-state index in [9.17, 15) is 18.5 Å². The lowest BCUT2D eigenvalue weighted by atomic mass is 10.0. The number of sulfonamides is 1. The summed E-state index contributed by atoms with van der Waals surface area (Å²) in [6.07, 6.45) is 3.47. The third-order valence-corrected chi connectivity index (χ3v) is 8.92. The number of rotatable bonds is 9. The van der Waals surface area contributed by atoms with Crippen LogP contribution in [0.4, 0.5) is 11.5 Å². The number of pyridine rings is 1. The van der Waals surface area contributed by atoms with Crippen LogP contribution in [-0.4, -0.2) is 82.4 Å². The number of hydrogen-bond donors (Lipinski definition) is 1. The van der Waals surface area contributed by atoms with Crippen LogP contribution in [-0.2, 0) is 14.8 Å². The molecule has 1 fully saturated rings. The molecule has 0 aliphatic carbocycles. The Kier molecular flexibility index (Phi) is 9.12. The van der Waals surface area contributed by atoms with Crippen LogP contribution in [0, 0.1) is 25.2 Å². The quantitative estimate of drug-likeness (QED) is 0.528. The van der Waals surface area contributed by atoms with Crippen molar-refractivity contribution in [2.24, 2.45) is 0 Å². The van der Waals surface area contributed by atoms with E-state index in [-0.39, 0.29) is 23.8 Å². The highest BCUT2D eigenvalue weighted by Gasteiger charge is 2.26. The van der Waals surface area contributed by atoms with E-state index in [1.54, 1.807) is 32.0 Å². The Morgan fingerprint density at radius 2 is 1.81 bits per heavy atom. The molecule has 1 amide bonds. The number of amides is 1. The average Bonchev–Trinajstić information content (AvgIpc) is 2.86. The summed E-state index contributed by atoms with van der Waals surface area (Å²) >= 11 is 0. The molecule has 0 bridgehead atoms. The molecule has 0 unspecified atom stereocenters. The number of carbonyl (C=O) groups excluding carboxylic acids is 1. The highest BCUT2D eigenvalue weighted by atomic mass is 32.2. The molecule has 10 nitrogen and oxygen atoms in total. The van der Waals surface area contributed by atoms with Gasteiger partial charge in [0.1, 0.15) is 17.6 Å². The molecule has 2 aromatic rings. The summed E-state index contributed by atoms with van der Waals surface area (Å²) in [6, 6.07) is 7.66. The maximum atomic E-state index is 13.2. The standard InChI is InChI=1S/C26H36N6O4S/c1-18-13-23(36-6)14-19(2)25(18)37(34,35)31(5)10-9-24(33)29-21-15-20(16-27)26(28-17-21)32-11-7-22(8-12-32)30(3)4/h13-15,17,22H,7-12H2,1-6H3,(H,29,33). The van der Waals surface area contributed by atoms with E-state index in [4.69, 9.17) is 4.74 Å². The van der Waals surface area contributed by atoms with Crippen molar-refractivity contribution in [1.29, 1.82) is 5.26 Å². The number of piperidine rings is 1. The molecular weight excluding hydrogens is 492 g/mol. The maximum Gasteiger partial charge on any atom is 0.243 e. The van der Waals surface area contributed by atoms with Crippen molar-refractivity contribution in [3.05, 3.63) is 41.1 Å². The lowest BCUT2D eigenvalue weighted by Gasteiger charge is -2.36. The summed E-state index contributed by atoms with van der Waals surface area (Å²) in [6.45, 7) is 5.05. The topological polar surface area (TPSA) is 119 Å². The largest absolute Gasteiger partial charge is 0.497 e. The van der Waals surface area contributed by atoms with E-state index in [0.29, 0.717) is 40.0 Å². The fourth-order valence-electron chi connectivity index (χ4n) is 4.65. The third kappa shape index (κ3) is 6.57. The Bertz CT molecular complexity index is 1260. The van der Waals surface area contributed by atoms with Gasteiger partial charge in [-0.25, -0.2) is 17.7 Å². The van der Waals surface area contributed by atoms with Gasteiger partial charge in [0.25, 0.3) is 0 Å². The van der Waals surface area contributed by atoms with Gasteiger partial charge in [0, 0.05) is 39.1 Å². The first-order valence-corrected chi connectivity index (χ1v) is 13.6. The molecule has 0 atom stereocenters. The molecule has 3 rings (SSSR count). The van der Waals surface area contributed by atoms with Crippen molar-refractivity contribution in [2.75, 3.05) is 58.1 Å². The molecule has 0 radical (unpaired) electrons. The number of carbonyl (C=O) groups is 1. The number of hydrogen-bond acceptors (Lipinski definition) is 8. The summed E-state index contributed by atoms with van der Waals surface area (Å²) in [5.41, 5.74) is 1.95. The minimum Gasteiger partial charge on any atom is -0.497 e.